The van der Waals surface area contributed by atoms with Gasteiger partial charge in [-0.15, -0.1) is 12.4 Å². The third kappa shape index (κ3) is 5.17. The summed E-state index contributed by atoms with van der Waals surface area (Å²) in [6.07, 6.45) is 5.10. The summed E-state index contributed by atoms with van der Waals surface area (Å²) >= 11 is 6.10. The summed E-state index contributed by atoms with van der Waals surface area (Å²) in [4.78, 5) is 0. The van der Waals surface area contributed by atoms with Crippen LogP contribution in [-0.2, 0) is 21.9 Å². The molecule has 2 aromatic carbocycles. The summed E-state index contributed by atoms with van der Waals surface area (Å²) in [6, 6.07) is 11.5. The molecule has 0 bridgehead atoms. The number of halogens is 3. The van der Waals surface area contributed by atoms with Gasteiger partial charge in [-0.25, -0.2) is 17.5 Å². The molecule has 1 aliphatic carbocycles. The maximum absolute atomic E-state index is 14.6. The van der Waals surface area contributed by atoms with Gasteiger partial charge < -0.3 is 10.1 Å². The molecule has 5 nitrogen and oxygen atoms in total. The second kappa shape index (κ2) is 9.63. The van der Waals surface area contributed by atoms with Gasteiger partial charge in [0.25, 0.3) is 0 Å². The van der Waals surface area contributed by atoms with Crippen molar-refractivity contribution in [3.8, 4) is 5.75 Å². The molecule has 0 saturated heterocycles. The Morgan fingerprint density at radius 1 is 1.26 bits per heavy atom. The van der Waals surface area contributed by atoms with Crippen LogP contribution in [0.5, 0.6) is 5.75 Å². The molecule has 31 heavy (non-hydrogen) atoms. The van der Waals surface area contributed by atoms with Crippen molar-refractivity contribution in [1.82, 2.24) is 10.0 Å². The second-order valence-electron chi connectivity index (χ2n) is 8.15. The van der Waals surface area contributed by atoms with Gasteiger partial charge in [-0.3, -0.25) is 0 Å². The lowest BCUT2D eigenvalue weighted by molar-refractivity contribution is 0.164. The minimum atomic E-state index is -3.30. The van der Waals surface area contributed by atoms with E-state index in [4.69, 9.17) is 16.3 Å². The van der Waals surface area contributed by atoms with Crippen molar-refractivity contribution in [2.45, 2.75) is 37.1 Å². The van der Waals surface area contributed by atoms with E-state index in [0.29, 0.717) is 5.02 Å². The first-order chi connectivity index (χ1) is 14.3. The number of fused-ring (bicyclic) bond motifs is 1. The van der Waals surface area contributed by atoms with E-state index in [1.54, 1.807) is 12.1 Å². The molecular formula is C22H27Cl2FN2O3S. The average Bonchev–Trinajstić information content (AvgIpc) is 2.65. The van der Waals surface area contributed by atoms with E-state index in [-0.39, 0.29) is 42.8 Å². The van der Waals surface area contributed by atoms with Gasteiger partial charge in [0.2, 0.25) is 10.0 Å². The third-order valence-corrected chi connectivity index (χ3v) is 7.17. The molecule has 2 aromatic rings. The molecule has 1 atom stereocenters. The van der Waals surface area contributed by atoms with E-state index in [1.807, 2.05) is 12.1 Å². The molecule has 170 valence electrons. The van der Waals surface area contributed by atoms with Crippen LogP contribution in [0.4, 0.5) is 4.39 Å². The van der Waals surface area contributed by atoms with Gasteiger partial charge in [0, 0.05) is 23.0 Å². The van der Waals surface area contributed by atoms with Gasteiger partial charge in [0.05, 0.1) is 6.26 Å². The van der Waals surface area contributed by atoms with E-state index >= 15 is 0 Å². The molecule has 0 radical (unpaired) electrons. The van der Waals surface area contributed by atoms with Crippen LogP contribution in [0.2, 0.25) is 5.02 Å². The van der Waals surface area contributed by atoms with Gasteiger partial charge in [-0.2, -0.15) is 0 Å². The van der Waals surface area contributed by atoms with Crippen molar-refractivity contribution in [3.05, 3.63) is 63.9 Å². The average molecular weight is 489 g/mol. The number of ether oxygens (including phenoxy) is 1. The fourth-order valence-electron chi connectivity index (χ4n) is 4.63. The van der Waals surface area contributed by atoms with Gasteiger partial charge in [0.15, 0.2) is 11.6 Å². The van der Waals surface area contributed by atoms with Crippen LogP contribution in [0, 0.1) is 5.82 Å². The molecule has 2 aliphatic rings. The lowest BCUT2D eigenvalue weighted by Crippen LogP contribution is -2.49. The SMILES string of the molecule is CS(=O)(=O)NCCOc1cc2c(cc1F)CCNC2C1(c2ccc(Cl)cc2)CCC1.Cl. The molecular weight excluding hydrogens is 462 g/mol. The monoisotopic (exact) mass is 488 g/mol. The lowest BCUT2D eigenvalue weighted by Gasteiger charge is -2.50. The standard InChI is InChI=1S/C22H26ClFN2O3S.ClH/c1-30(27,28)26-11-12-29-20-14-18-15(13-19(20)24)7-10-25-21(18)22(8-2-9-22)16-3-5-17(23)6-4-16;/h3-6,13-14,21,25-26H,2,7-12H2,1H3;1H. The Balaban J connectivity index is 0.00000272. The highest BCUT2D eigenvalue weighted by molar-refractivity contribution is 7.88. The van der Waals surface area contributed by atoms with E-state index in [1.165, 1.54) is 5.56 Å². The minimum Gasteiger partial charge on any atom is -0.489 e. The summed E-state index contributed by atoms with van der Waals surface area (Å²) in [5.41, 5.74) is 3.25. The highest BCUT2D eigenvalue weighted by Gasteiger charge is 2.47. The highest BCUT2D eigenvalue weighted by atomic mass is 35.5. The maximum Gasteiger partial charge on any atom is 0.208 e. The summed E-state index contributed by atoms with van der Waals surface area (Å²) in [5.74, 6) is -0.258. The van der Waals surface area contributed by atoms with E-state index in [0.717, 1.165) is 49.6 Å². The van der Waals surface area contributed by atoms with E-state index < -0.39 is 15.8 Å². The van der Waals surface area contributed by atoms with Crippen molar-refractivity contribution < 1.29 is 17.5 Å². The molecule has 1 saturated carbocycles. The van der Waals surface area contributed by atoms with E-state index in [2.05, 4.69) is 22.2 Å². The number of nitrogens with one attached hydrogen (secondary N) is 2. The predicted molar refractivity (Wildman–Crippen MR) is 123 cm³/mol. The number of benzene rings is 2. The Morgan fingerprint density at radius 2 is 1.97 bits per heavy atom. The van der Waals surface area contributed by atoms with E-state index in [9.17, 15) is 12.8 Å². The fourth-order valence-corrected chi connectivity index (χ4v) is 5.21. The predicted octanol–water partition coefficient (Wildman–Crippen LogP) is 4.14. The van der Waals surface area contributed by atoms with Crippen molar-refractivity contribution in [2.75, 3.05) is 26.0 Å². The van der Waals surface area contributed by atoms with Crippen LogP contribution in [0.25, 0.3) is 0 Å². The van der Waals surface area contributed by atoms with Crippen molar-refractivity contribution in [1.29, 1.82) is 0 Å². The first-order valence-electron chi connectivity index (χ1n) is 10.2. The third-order valence-electron chi connectivity index (χ3n) is 6.19. The molecule has 2 N–H and O–H groups in total. The van der Waals surface area contributed by atoms with Crippen LogP contribution in [-0.4, -0.2) is 34.4 Å². The molecule has 1 unspecified atom stereocenters. The zero-order chi connectivity index (χ0) is 21.4. The second-order valence-corrected chi connectivity index (χ2v) is 10.4. The number of sulfonamides is 1. The van der Waals surface area contributed by atoms with Crippen LogP contribution < -0.4 is 14.8 Å². The van der Waals surface area contributed by atoms with Crippen LogP contribution in [0.15, 0.2) is 36.4 Å². The molecule has 1 aliphatic heterocycles. The molecule has 9 heteroatoms. The van der Waals surface area contributed by atoms with Crippen molar-refractivity contribution in [2.24, 2.45) is 0 Å². The normalized spacial score (nSPS) is 19.6. The summed E-state index contributed by atoms with van der Waals surface area (Å²) < 4.78 is 44.9. The number of rotatable bonds is 7. The van der Waals surface area contributed by atoms with Gasteiger partial charge >= 0.3 is 0 Å². The largest absolute Gasteiger partial charge is 0.489 e. The Hall–Kier alpha value is -1.38. The first-order valence-corrected chi connectivity index (χ1v) is 12.4. The maximum atomic E-state index is 14.6. The topological polar surface area (TPSA) is 67.4 Å². The van der Waals surface area contributed by atoms with Gasteiger partial charge in [-0.1, -0.05) is 30.2 Å². The first kappa shape index (κ1) is 24.3. The smallest absolute Gasteiger partial charge is 0.208 e. The molecule has 1 heterocycles. The molecule has 1 fully saturated rings. The quantitative estimate of drug-likeness (QED) is 0.574. The Bertz CT molecular complexity index is 1030. The Kier molecular flexibility index (Phi) is 7.54. The van der Waals surface area contributed by atoms with Crippen LogP contribution in [0.1, 0.15) is 42.0 Å². The number of hydrogen-bond acceptors (Lipinski definition) is 4. The fraction of sp³-hybridized carbons (Fsp3) is 0.455. The zero-order valence-electron chi connectivity index (χ0n) is 17.3. The summed E-state index contributed by atoms with van der Waals surface area (Å²) in [7, 11) is -3.30. The summed E-state index contributed by atoms with van der Waals surface area (Å²) in [5, 5.41) is 4.38. The van der Waals surface area contributed by atoms with Crippen molar-refractivity contribution in [3.63, 3.8) is 0 Å². The Morgan fingerprint density at radius 3 is 2.58 bits per heavy atom. The molecule has 4 rings (SSSR count). The molecule has 0 amide bonds. The molecule has 0 spiro atoms. The van der Waals surface area contributed by atoms with Gasteiger partial charge in [0.1, 0.15) is 6.61 Å². The lowest BCUT2D eigenvalue weighted by atomic mass is 9.58. The zero-order valence-corrected chi connectivity index (χ0v) is 19.7. The Labute approximate surface area is 194 Å². The summed E-state index contributed by atoms with van der Waals surface area (Å²) in [6.45, 7) is 0.944. The minimum absolute atomic E-state index is 0. The highest BCUT2D eigenvalue weighted by Crippen LogP contribution is 2.54. The van der Waals surface area contributed by atoms with Crippen LogP contribution in [0.3, 0.4) is 0 Å². The van der Waals surface area contributed by atoms with Crippen molar-refractivity contribution >= 4 is 34.0 Å². The number of hydrogen-bond donors (Lipinski definition) is 2. The van der Waals surface area contributed by atoms with Gasteiger partial charge in [-0.05, 0) is 66.8 Å². The molecule has 0 aromatic heterocycles. The van der Waals surface area contributed by atoms with Crippen LogP contribution >= 0.6 is 24.0 Å².